The fourth-order valence-electron chi connectivity index (χ4n) is 0.355. The van der Waals surface area contributed by atoms with Gasteiger partial charge in [-0.15, -0.1) is 0 Å². The van der Waals surface area contributed by atoms with Gasteiger partial charge in [-0.05, 0) is 29.3 Å². The lowest BCUT2D eigenvalue weighted by molar-refractivity contribution is 0.543. The second kappa shape index (κ2) is 3.80. The lowest BCUT2D eigenvalue weighted by Gasteiger charge is -2.01. The van der Waals surface area contributed by atoms with Crippen LogP contribution in [0.3, 0.4) is 0 Å². The molecule has 0 saturated heterocycles. The molecule has 3 heteroatoms. The summed E-state index contributed by atoms with van der Waals surface area (Å²) < 4.78 is 20.0. The van der Waals surface area contributed by atoms with Gasteiger partial charge in [0, 0.05) is 0 Å². The van der Waals surface area contributed by atoms with Crippen molar-refractivity contribution in [1.82, 2.24) is 0 Å². The molecule has 8 heavy (non-hydrogen) atoms. The quantitative estimate of drug-likeness (QED) is 0.531. The highest BCUT2D eigenvalue weighted by molar-refractivity contribution is 7.83. The minimum absolute atomic E-state index is 0.424. The minimum Gasteiger partial charge on any atom is -0.769 e. The van der Waals surface area contributed by atoms with Gasteiger partial charge in [-0.2, -0.15) is 0 Å². The van der Waals surface area contributed by atoms with Gasteiger partial charge < -0.3 is 4.55 Å². The molecule has 0 N–H and O–H groups in total. The van der Waals surface area contributed by atoms with Crippen LogP contribution in [0, 0.1) is 0 Å². The zero-order valence-corrected chi connectivity index (χ0v) is 5.83. The zero-order chi connectivity index (χ0) is 6.57. The van der Waals surface area contributed by atoms with E-state index in [2.05, 4.69) is 0 Å². The van der Waals surface area contributed by atoms with E-state index < -0.39 is 11.1 Å². The molecule has 0 aromatic carbocycles. The number of allylic oxidation sites excluding steroid dienone is 2. The Hall–Kier alpha value is -0.150. The predicted molar refractivity (Wildman–Crippen MR) is 33.0 cm³/mol. The molecule has 0 aromatic heterocycles. The van der Waals surface area contributed by atoms with E-state index in [0.717, 1.165) is 6.42 Å². The van der Waals surface area contributed by atoms with E-state index in [4.69, 9.17) is 0 Å². The zero-order valence-electron chi connectivity index (χ0n) is 5.01. The molecule has 0 spiro atoms. The van der Waals surface area contributed by atoms with E-state index in [1.54, 1.807) is 13.0 Å². The van der Waals surface area contributed by atoms with E-state index >= 15 is 0 Å². The highest BCUT2D eigenvalue weighted by Crippen LogP contribution is 1.96. The van der Waals surface area contributed by atoms with Crippen molar-refractivity contribution in [2.45, 2.75) is 20.3 Å². The summed E-state index contributed by atoms with van der Waals surface area (Å²) in [5.41, 5.74) is 0. The van der Waals surface area contributed by atoms with Crippen molar-refractivity contribution in [3.63, 3.8) is 0 Å². The Labute approximate surface area is 51.9 Å². The van der Waals surface area contributed by atoms with Gasteiger partial charge >= 0.3 is 0 Å². The fraction of sp³-hybridized carbons (Fsp3) is 0.600. The van der Waals surface area contributed by atoms with Crippen LogP contribution in [0.2, 0.25) is 0 Å². The number of hydrogen-bond donors (Lipinski definition) is 0. The molecule has 0 saturated carbocycles. The van der Waals surface area contributed by atoms with Gasteiger partial charge in [0.1, 0.15) is 0 Å². The van der Waals surface area contributed by atoms with Gasteiger partial charge in [-0.3, -0.25) is 4.21 Å². The maximum Gasteiger partial charge on any atom is -0.00470 e. The molecule has 48 valence electrons. The monoisotopic (exact) mass is 133 g/mol. The molecule has 0 aromatic rings. The van der Waals surface area contributed by atoms with E-state index in [1.807, 2.05) is 6.92 Å². The summed E-state index contributed by atoms with van der Waals surface area (Å²) in [7, 11) is 0. The third-order valence-electron chi connectivity index (χ3n) is 0.754. The molecule has 0 aliphatic heterocycles. The third-order valence-corrected chi connectivity index (χ3v) is 1.45. The van der Waals surface area contributed by atoms with Crippen molar-refractivity contribution in [1.29, 1.82) is 0 Å². The summed E-state index contributed by atoms with van der Waals surface area (Å²) in [5, 5.41) is 0. The van der Waals surface area contributed by atoms with Crippen molar-refractivity contribution in [3.05, 3.63) is 11.0 Å². The molecule has 0 bridgehead atoms. The Kier molecular flexibility index (Phi) is 3.73. The number of hydrogen-bond acceptors (Lipinski definition) is 2. The van der Waals surface area contributed by atoms with Crippen LogP contribution in [-0.2, 0) is 11.1 Å². The normalized spacial score (nSPS) is 16.1. The molecular weight excluding hydrogens is 124 g/mol. The Balaban J connectivity index is 3.80. The standard InChI is InChI=1S/C5H10O2S/c1-3-4-5(2)8(6)7/h4H,3H2,1-2H3,(H,6,7)/p-1. The number of rotatable bonds is 2. The highest BCUT2D eigenvalue weighted by atomic mass is 32.2. The summed E-state index contributed by atoms with van der Waals surface area (Å²) >= 11 is -2.00. The first kappa shape index (κ1) is 7.85. The van der Waals surface area contributed by atoms with Gasteiger partial charge in [0.05, 0.1) is 0 Å². The molecule has 0 heterocycles. The SMILES string of the molecule is CCC=C(C)S(=O)[O-]. The predicted octanol–water partition coefficient (Wildman–Crippen LogP) is 1.18. The summed E-state index contributed by atoms with van der Waals surface area (Å²) in [6.45, 7) is 3.48. The molecule has 0 aliphatic rings. The molecule has 1 unspecified atom stereocenters. The summed E-state index contributed by atoms with van der Waals surface area (Å²) in [6, 6.07) is 0. The van der Waals surface area contributed by atoms with E-state index in [0.29, 0.717) is 4.91 Å². The van der Waals surface area contributed by atoms with Crippen LogP contribution < -0.4 is 0 Å². The largest absolute Gasteiger partial charge is 0.769 e. The molecule has 0 radical (unpaired) electrons. The molecule has 0 amide bonds. The lowest BCUT2D eigenvalue weighted by Crippen LogP contribution is -1.86. The Bertz CT molecular complexity index is 118. The lowest BCUT2D eigenvalue weighted by atomic mass is 10.4. The summed E-state index contributed by atoms with van der Waals surface area (Å²) in [5.74, 6) is 0. The average molecular weight is 133 g/mol. The minimum atomic E-state index is -2.00. The van der Waals surface area contributed by atoms with Crippen molar-refractivity contribution in [2.75, 3.05) is 0 Å². The maximum absolute atomic E-state index is 10.0. The maximum atomic E-state index is 10.0. The topological polar surface area (TPSA) is 40.1 Å². The Morgan fingerprint density at radius 2 is 2.38 bits per heavy atom. The van der Waals surface area contributed by atoms with Crippen LogP contribution in [0.15, 0.2) is 11.0 Å². The molecule has 1 atom stereocenters. The fourth-order valence-corrected chi connectivity index (χ4v) is 0.658. The van der Waals surface area contributed by atoms with Gasteiger partial charge in [0.2, 0.25) is 0 Å². The van der Waals surface area contributed by atoms with Gasteiger partial charge in [0.15, 0.2) is 0 Å². The van der Waals surface area contributed by atoms with Gasteiger partial charge in [-0.1, -0.05) is 13.0 Å². The molecule has 0 rings (SSSR count). The van der Waals surface area contributed by atoms with Gasteiger partial charge in [-0.25, -0.2) is 0 Å². The second-order valence-electron chi connectivity index (χ2n) is 1.46. The Morgan fingerprint density at radius 3 is 2.50 bits per heavy atom. The molecular formula is C5H9O2S-. The first-order valence-electron chi connectivity index (χ1n) is 2.44. The smallest absolute Gasteiger partial charge is 0.00470 e. The Morgan fingerprint density at radius 1 is 1.88 bits per heavy atom. The van der Waals surface area contributed by atoms with Crippen molar-refractivity contribution in [2.24, 2.45) is 0 Å². The first-order valence-corrected chi connectivity index (χ1v) is 3.52. The van der Waals surface area contributed by atoms with Gasteiger partial charge in [0.25, 0.3) is 0 Å². The molecule has 0 aliphatic carbocycles. The van der Waals surface area contributed by atoms with Crippen LogP contribution in [-0.4, -0.2) is 8.76 Å². The van der Waals surface area contributed by atoms with Crippen LogP contribution in [0.5, 0.6) is 0 Å². The van der Waals surface area contributed by atoms with E-state index in [-0.39, 0.29) is 0 Å². The van der Waals surface area contributed by atoms with Crippen LogP contribution in [0.4, 0.5) is 0 Å². The summed E-state index contributed by atoms with van der Waals surface area (Å²) in [4.78, 5) is 0.424. The highest BCUT2D eigenvalue weighted by Gasteiger charge is 1.81. The van der Waals surface area contributed by atoms with Crippen LogP contribution in [0.25, 0.3) is 0 Å². The molecule has 2 nitrogen and oxygen atoms in total. The molecule has 0 fully saturated rings. The average Bonchev–Trinajstić information content (AvgIpc) is 1.67. The van der Waals surface area contributed by atoms with Crippen LogP contribution in [0.1, 0.15) is 20.3 Å². The van der Waals surface area contributed by atoms with Crippen molar-refractivity contribution < 1.29 is 8.76 Å². The second-order valence-corrected chi connectivity index (χ2v) is 2.57. The van der Waals surface area contributed by atoms with Crippen LogP contribution >= 0.6 is 0 Å². The van der Waals surface area contributed by atoms with E-state index in [1.165, 1.54) is 0 Å². The van der Waals surface area contributed by atoms with Crippen molar-refractivity contribution >= 4 is 11.1 Å². The van der Waals surface area contributed by atoms with Crippen molar-refractivity contribution in [3.8, 4) is 0 Å². The summed E-state index contributed by atoms with van der Waals surface area (Å²) in [6.07, 6.45) is 2.45. The first-order chi connectivity index (χ1) is 3.68. The third kappa shape index (κ3) is 2.93. The van der Waals surface area contributed by atoms with E-state index in [9.17, 15) is 8.76 Å².